The Morgan fingerprint density at radius 2 is 2.11 bits per heavy atom. The normalized spacial score (nSPS) is 18.9. The van der Waals surface area contributed by atoms with Gasteiger partial charge < -0.3 is 5.11 Å². The first kappa shape index (κ1) is 13.8. The number of carboxylic acids is 1. The van der Waals surface area contributed by atoms with Crippen LogP contribution in [0.2, 0.25) is 0 Å². The van der Waals surface area contributed by atoms with Gasteiger partial charge in [0.15, 0.2) is 0 Å². The molecule has 0 spiro atoms. The van der Waals surface area contributed by atoms with Gasteiger partial charge in [-0.1, -0.05) is 6.07 Å². The summed E-state index contributed by atoms with van der Waals surface area (Å²) in [6.45, 7) is 1.72. The topological polar surface area (TPSA) is 50.2 Å². The molecule has 0 aliphatic heterocycles. The van der Waals surface area contributed by atoms with Gasteiger partial charge in [0, 0.05) is 18.3 Å². The number of aromatic nitrogens is 1. The van der Waals surface area contributed by atoms with Crippen LogP contribution >= 0.6 is 0 Å². The van der Waals surface area contributed by atoms with Crippen LogP contribution in [0, 0.1) is 12.3 Å². The Kier molecular flexibility index (Phi) is 3.28. The predicted molar refractivity (Wildman–Crippen MR) is 61.7 cm³/mol. The number of carboxylic acid groups (broad SMARTS) is 1. The first-order chi connectivity index (χ1) is 8.76. The summed E-state index contributed by atoms with van der Waals surface area (Å²) >= 11 is 0. The zero-order valence-corrected chi connectivity index (χ0v) is 10.4. The van der Waals surface area contributed by atoms with Gasteiger partial charge in [-0.15, -0.1) is 0 Å². The van der Waals surface area contributed by atoms with Crippen molar-refractivity contribution >= 4 is 5.97 Å². The maximum Gasteiger partial charge on any atom is 0.395 e. The number of aryl methyl sites for hydroxylation is 1. The standard InChI is InChI=1S/C13H14F3NO2/c1-8-4-9(7-17-6-8)10(5-11(18)19)12(2-3-12)13(14,15)16/h4,6-7,10H,2-3,5H2,1H3,(H,18,19). The van der Waals surface area contributed by atoms with Gasteiger partial charge in [-0.25, -0.2) is 0 Å². The Morgan fingerprint density at radius 3 is 2.53 bits per heavy atom. The predicted octanol–water partition coefficient (Wildman–Crippen LogP) is 3.29. The van der Waals surface area contributed by atoms with Crippen LogP contribution in [0.1, 0.15) is 36.3 Å². The van der Waals surface area contributed by atoms with Crippen molar-refractivity contribution in [3.8, 4) is 0 Å². The van der Waals surface area contributed by atoms with Crippen LogP contribution in [0.4, 0.5) is 13.2 Å². The molecule has 3 nitrogen and oxygen atoms in total. The molecule has 1 saturated carbocycles. The summed E-state index contributed by atoms with van der Waals surface area (Å²) in [5.41, 5.74) is -0.802. The van der Waals surface area contributed by atoms with Crippen molar-refractivity contribution in [2.75, 3.05) is 0 Å². The molecule has 1 aliphatic rings. The third kappa shape index (κ3) is 2.57. The summed E-state index contributed by atoms with van der Waals surface area (Å²) in [7, 11) is 0. The molecule has 0 amide bonds. The number of nitrogens with zero attached hydrogens (tertiary/aromatic N) is 1. The summed E-state index contributed by atoms with van der Waals surface area (Å²) in [5.74, 6) is -2.28. The molecule has 1 heterocycles. The van der Waals surface area contributed by atoms with E-state index in [9.17, 15) is 18.0 Å². The lowest BCUT2D eigenvalue weighted by Crippen LogP contribution is -2.32. The molecule has 1 aromatic heterocycles. The highest BCUT2D eigenvalue weighted by atomic mass is 19.4. The van der Waals surface area contributed by atoms with Gasteiger partial charge in [-0.2, -0.15) is 13.2 Å². The summed E-state index contributed by atoms with van der Waals surface area (Å²) in [6, 6.07) is 1.59. The Hall–Kier alpha value is -1.59. The van der Waals surface area contributed by atoms with Crippen LogP contribution in [-0.4, -0.2) is 22.2 Å². The molecule has 0 aromatic carbocycles. The monoisotopic (exact) mass is 273 g/mol. The lowest BCUT2D eigenvalue weighted by Gasteiger charge is -2.28. The SMILES string of the molecule is Cc1cncc(C(CC(=O)O)C2(C(F)(F)F)CC2)c1. The molecule has 1 aromatic rings. The van der Waals surface area contributed by atoms with Gasteiger partial charge in [-0.3, -0.25) is 9.78 Å². The first-order valence-electron chi connectivity index (χ1n) is 5.96. The number of aliphatic carboxylic acids is 1. The summed E-state index contributed by atoms with van der Waals surface area (Å²) < 4.78 is 39.5. The van der Waals surface area contributed by atoms with Crippen molar-refractivity contribution in [2.45, 2.75) is 38.3 Å². The molecule has 1 fully saturated rings. The highest BCUT2D eigenvalue weighted by Gasteiger charge is 2.67. The van der Waals surface area contributed by atoms with Crippen LogP contribution < -0.4 is 0 Å². The van der Waals surface area contributed by atoms with Crippen molar-refractivity contribution in [1.29, 1.82) is 0 Å². The molecule has 1 N–H and O–H groups in total. The number of pyridine rings is 1. The number of alkyl halides is 3. The summed E-state index contributed by atoms with van der Waals surface area (Å²) in [6.07, 6.45) is -2.05. The van der Waals surface area contributed by atoms with Gasteiger partial charge in [-0.05, 0) is 30.9 Å². The Morgan fingerprint density at radius 1 is 1.47 bits per heavy atom. The quantitative estimate of drug-likeness (QED) is 0.915. The van der Waals surface area contributed by atoms with Gasteiger partial charge in [0.2, 0.25) is 0 Å². The molecule has 104 valence electrons. The number of hydrogen-bond acceptors (Lipinski definition) is 2. The Labute approximate surface area is 108 Å². The average Bonchev–Trinajstić information content (AvgIpc) is 3.05. The van der Waals surface area contributed by atoms with E-state index < -0.39 is 29.9 Å². The number of hydrogen-bond donors (Lipinski definition) is 1. The van der Waals surface area contributed by atoms with E-state index in [0.717, 1.165) is 5.56 Å². The van der Waals surface area contributed by atoms with Crippen molar-refractivity contribution in [1.82, 2.24) is 4.98 Å². The Bertz CT molecular complexity index is 495. The van der Waals surface area contributed by atoms with E-state index in [4.69, 9.17) is 5.11 Å². The smallest absolute Gasteiger partial charge is 0.395 e. The zero-order chi connectivity index (χ0) is 14.3. The van der Waals surface area contributed by atoms with E-state index >= 15 is 0 Å². The van der Waals surface area contributed by atoms with Crippen LogP contribution in [0.25, 0.3) is 0 Å². The van der Waals surface area contributed by atoms with E-state index in [0.29, 0.717) is 5.56 Å². The molecular formula is C13H14F3NO2. The second-order valence-electron chi connectivity index (χ2n) is 5.10. The fourth-order valence-corrected chi connectivity index (χ4v) is 2.54. The van der Waals surface area contributed by atoms with Gasteiger partial charge in [0.1, 0.15) is 0 Å². The van der Waals surface area contributed by atoms with Crippen molar-refractivity contribution in [2.24, 2.45) is 5.41 Å². The molecule has 19 heavy (non-hydrogen) atoms. The largest absolute Gasteiger partial charge is 0.481 e. The third-order valence-corrected chi connectivity index (χ3v) is 3.70. The van der Waals surface area contributed by atoms with Crippen molar-refractivity contribution in [3.63, 3.8) is 0 Å². The van der Waals surface area contributed by atoms with Crippen molar-refractivity contribution < 1.29 is 23.1 Å². The first-order valence-corrected chi connectivity index (χ1v) is 5.96. The molecule has 0 bridgehead atoms. The fraction of sp³-hybridized carbons (Fsp3) is 0.538. The highest BCUT2D eigenvalue weighted by Crippen LogP contribution is 2.66. The molecule has 0 radical (unpaired) electrons. The highest BCUT2D eigenvalue weighted by molar-refractivity contribution is 5.68. The number of rotatable bonds is 4. The zero-order valence-electron chi connectivity index (χ0n) is 10.4. The second-order valence-corrected chi connectivity index (χ2v) is 5.10. The Balaban J connectivity index is 2.40. The van der Waals surface area contributed by atoms with Crippen molar-refractivity contribution in [3.05, 3.63) is 29.6 Å². The molecule has 2 rings (SSSR count). The summed E-state index contributed by atoms with van der Waals surface area (Å²) in [4.78, 5) is 14.8. The van der Waals surface area contributed by atoms with E-state index in [-0.39, 0.29) is 12.8 Å². The van der Waals surface area contributed by atoms with E-state index in [1.54, 1.807) is 13.0 Å². The minimum absolute atomic E-state index is 0.0115. The van der Waals surface area contributed by atoms with E-state index in [2.05, 4.69) is 4.98 Å². The lowest BCUT2D eigenvalue weighted by molar-refractivity contribution is -0.195. The minimum Gasteiger partial charge on any atom is -0.481 e. The summed E-state index contributed by atoms with van der Waals surface area (Å²) in [5, 5.41) is 8.88. The maximum absolute atomic E-state index is 13.2. The molecule has 0 saturated heterocycles. The van der Waals surface area contributed by atoms with Gasteiger partial charge >= 0.3 is 12.1 Å². The number of carbonyl (C=O) groups is 1. The second kappa shape index (κ2) is 4.51. The van der Waals surface area contributed by atoms with E-state index in [1.165, 1.54) is 12.4 Å². The van der Waals surface area contributed by atoms with E-state index in [1.807, 2.05) is 0 Å². The van der Waals surface area contributed by atoms with Crippen LogP contribution in [0.15, 0.2) is 18.5 Å². The number of halogens is 3. The average molecular weight is 273 g/mol. The molecule has 1 aliphatic carbocycles. The van der Waals surface area contributed by atoms with Gasteiger partial charge in [0.05, 0.1) is 11.8 Å². The lowest BCUT2D eigenvalue weighted by atomic mass is 9.80. The molecule has 6 heteroatoms. The van der Waals surface area contributed by atoms with Crippen LogP contribution in [0.3, 0.4) is 0 Å². The molecular weight excluding hydrogens is 259 g/mol. The fourth-order valence-electron chi connectivity index (χ4n) is 2.54. The van der Waals surface area contributed by atoms with Crippen LogP contribution in [-0.2, 0) is 4.79 Å². The molecule has 1 atom stereocenters. The van der Waals surface area contributed by atoms with Gasteiger partial charge in [0.25, 0.3) is 0 Å². The minimum atomic E-state index is -4.38. The maximum atomic E-state index is 13.2. The molecule has 1 unspecified atom stereocenters. The van der Waals surface area contributed by atoms with Crippen LogP contribution in [0.5, 0.6) is 0 Å². The third-order valence-electron chi connectivity index (χ3n) is 3.70.